The topological polar surface area (TPSA) is 95.5 Å². The molecule has 1 aromatic carbocycles. The average molecular weight is 326 g/mol. The molecule has 1 saturated carbocycles. The van der Waals surface area contributed by atoms with Gasteiger partial charge in [0, 0.05) is 12.1 Å². The molecular formula is C15H22N2O4S. The Hall–Kier alpha value is -1.60. The average Bonchev–Trinajstić information content (AvgIpc) is 3.22. The van der Waals surface area contributed by atoms with Gasteiger partial charge >= 0.3 is 5.97 Å². The number of carboxylic acid groups (broad SMARTS) is 1. The summed E-state index contributed by atoms with van der Waals surface area (Å²) in [6, 6.07) is 4.24. The number of anilines is 1. The lowest BCUT2D eigenvalue weighted by molar-refractivity contribution is 0.0696. The van der Waals surface area contributed by atoms with Crippen LogP contribution in [0.1, 0.15) is 49.9 Å². The van der Waals surface area contributed by atoms with Crippen LogP contribution >= 0.6 is 0 Å². The molecule has 1 aliphatic rings. The number of carboxylic acids is 1. The summed E-state index contributed by atoms with van der Waals surface area (Å²) < 4.78 is 27.8. The van der Waals surface area contributed by atoms with Crippen molar-refractivity contribution in [3.8, 4) is 0 Å². The Labute approximate surface area is 131 Å². The van der Waals surface area contributed by atoms with Gasteiger partial charge in [-0.3, -0.25) is 0 Å². The van der Waals surface area contributed by atoms with Gasteiger partial charge in [0.2, 0.25) is 10.0 Å². The van der Waals surface area contributed by atoms with Crippen LogP contribution < -0.4 is 10.0 Å². The molecule has 0 radical (unpaired) electrons. The molecule has 1 aromatic rings. The highest BCUT2D eigenvalue weighted by molar-refractivity contribution is 7.89. The van der Waals surface area contributed by atoms with Gasteiger partial charge in [-0.25, -0.2) is 17.9 Å². The summed E-state index contributed by atoms with van der Waals surface area (Å²) in [5.41, 5.74) is 0.425. The third kappa shape index (κ3) is 4.20. The molecule has 6 nitrogen and oxygen atoms in total. The highest BCUT2D eigenvalue weighted by Gasteiger charge is 2.27. The molecule has 0 aliphatic heterocycles. The van der Waals surface area contributed by atoms with Crippen LogP contribution in [0.25, 0.3) is 0 Å². The van der Waals surface area contributed by atoms with Crippen LogP contribution in [0.2, 0.25) is 0 Å². The van der Waals surface area contributed by atoms with Crippen LogP contribution in [0.4, 0.5) is 5.69 Å². The predicted molar refractivity (Wildman–Crippen MR) is 84.7 cm³/mol. The number of nitrogens with one attached hydrogen (secondary N) is 2. The van der Waals surface area contributed by atoms with Gasteiger partial charge in [-0.1, -0.05) is 13.3 Å². The molecule has 0 heterocycles. The summed E-state index contributed by atoms with van der Waals surface area (Å²) in [6.45, 7) is 3.78. The molecule has 22 heavy (non-hydrogen) atoms. The van der Waals surface area contributed by atoms with Crippen molar-refractivity contribution in [2.24, 2.45) is 0 Å². The normalized spacial score (nSPS) is 16.3. The Morgan fingerprint density at radius 3 is 2.64 bits per heavy atom. The minimum Gasteiger partial charge on any atom is -0.478 e. The second kappa shape index (κ2) is 6.66. The number of benzene rings is 1. The zero-order chi connectivity index (χ0) is 16.3. The van der Waals surface area contributed by atoms with E-state index in [1.807, 2.05) is 6.92 Å². The van der Waals surface area contributed by atoms with Crippen LogP contribution in [0.5, 0.6) is 0 Å². The van der Waals surface area contributed by atoms with Crippen LogP contribution in [-0.2, 0) is 10.0 Å². The van der Waals surface area contributed by atoms with Crippen molar-refractivity contribution < 1.29 is 18.3 Å². The van der Waals surface area contributed by atoms with E-state index in [2.05, 4.69) is 10.0 Å². The zero-order valence-corrected chi connectivity index (χ0v) is 13.6. The van der Waals surface area contributed by atoms with Crippen LogP contribution in [0.3, 0.4) is 0 Å². The maximum atomic E-state index is 12.6. The lowest BCUT2D eigenvalue weighted by atomic mass is 10.2. The molecule has 0 saturated heterocycles. The molecule has 0 aromatic heterocycles. The first kappa shape index (κ1) is 16.8. The summed E-state index contributed by atoms with van der Waals surface area (Å²) in [7, 11) is -3.76. The Morgan fingerprint density at radius 1 is 1.41 bits per heavy atom. The summed E-state index contributed by atoms with van der Waals surface area (Å²) in [4.78, 5) is 11.1. The standard InChI is InChI=1S/C15H22N2O4S/c1-3-4-10(2)17-22(20,21)14-9-11(15(18)19)5-8-13(14)16-12-6-7-12/h5,8-10,12,16-17H,3-4,6-7H2,1-2H3,(H,18,19)/t10-/m0/s1. The van der Waals surface area contributed by atoms with Gasteiger partial charge in [0.1, 0.15) is 4.90 Å². The summed E-state index contributed by atoms with van der Waals surface area (Å²) >= 11 is 0. The molecule has 3 N–H and O–H groups in total. The Kier molecular flexibility index (Phi) is 5.08. The van der Waals surface area contributed by atoms with Crippen molar-refractivity contribution in [1.82, 2.24) is 4.72 Å². The maximum absolute atomic E-state index is 12.6. The second-order valence-electron chi connectivity index (χ2n) is 5.75. The Morgan fingerprint density at radius 2 is 2.09 bits per heavy atom. The molecule has 0 spiro atoms. The molecule has 0 bridgehead atoms. The molecular weight excluding hydrogens is 304 g/mol. The number of hydrogen-bond donors (Lipinski definition) is 3. The third-order valence-corrected chi connectivity index (χ3v) is 5.16. The minimum absolute atomic E-state index is 0.00209. The zero-order valence-electron chi connectivity index (χ0n) is 12.8. The van der Waals surface area contributed by atoms with Gasteiger partial charge in [0.25, 0.3) is 0 Å². The molecule has 1 fully saturated rings. The van der Waals surface area contributed by atoms with E-state index in [4.69, 9.17) is 5.11 Å². The molecule has 0 unspecified atom stereocenters. The van der Waals surface area contributed by atoms with Crippen molar-refractivity contribution in [2.75, 3.05) is 5.32 Å². The number of carbonyl (C=O) groups is 1. The van der Waals surface area contributed by atoms with Crippen molar-refractivity contribution in [1.29, 1.82) is 0 Å². The molecule has 1 atom stereocenters. The van der Waals surface area contributed by atoms with Gasteiger partial charge in [-0.05, 0) is 44.4 Å². The smallest absolute Gasteiger partial charge is 0.335 e. The van der Waals surface area contributed by atoms with E-state index < -0.39 is 16.0 Å². The van der Waals surface area contributed by atoms with Crippen LogP contribution in [-0.4, -0.2) is 31.6 Å². The highest BCUT2D eigenvalue weighted by Crippen LogP contribution is 2.30. The fourth-order valence-electron chi connectivity index (χ4n) is 2.26. The van der Waals surface area contributed by atoms with E-state index in [1.165, 1.54) is 18.2 Å². The van der Waals surface area contributed by atoms with E-state index in [-0.39, 0.29) is 22.5 Å². The summed E-state index contributed by atoms with van der Waals surface area (Å²) in [5.74, 6) is -1.14. The lowest BCUT2D eigenvalue weighted by Gasteiger charge is -2.17. The Balaban J connectivity index is 2.35. The number of hydrogen-bond acceptors (Lipinski definition) is 4. The monoisotopic (exact) mass is 326 g/mol. The number of aromatic carboxylic acids is 1. The quantitative estimate of drug-likeness (QED) is 0.682. The molecule has 122 valence electrons. The van der Waals surface area contributed by atoms with Gasteiger partial charge in [-0.15, -0.1) is 0 Å². The lowest BCUT2D eigenvalue weighted by Crippen LogP contribution is -2.33. The van der Waals surface area contributed by atoms with Crippen LogP contribution in [0, 0.1) is 0 Å². The minimum atomic E-state index is -3.76. The molecule has 7 heteroatoms. The molecule has 0 amide bonds. The Bertz CT molecular complexity index is 654. The van der Waals surface area contributed by atoms with E-state index in [9.17, 15) is 13.2 Å². The maximum Gasteiger partial charge on any atom is 0.335 e. The number of sulfonamides is 1. The van der Waals surface area contributed by atoms with Crippen molar-refractivity contribution in [3.63, 3.8) is 0 Å². The molecule has 2 rings (SSSR count). The van der Waals surface area contributed by atoms with E-state index in [0.717, 1.165) is 25.7 Å². The fraction of sp³-hybridized carbons (Fsp3) is 0.533. The van der Waals surface area contributed by atoms with Crippen molar-refractivity contribution >= 4 is 21.7 Å². The van der Waals surface area contributed by atoms with Gasteiger partial charge in [-0.2, -0.15) is 0 Å². The predicted octanol–water partition coefficient (Wildman–Crippen LogP) is 2.43. The van der Waals surface area contributed by atoms with Crippen LogP contribution in [0.15, 0.2) is 23.1 Å². The van der Waals surface area contributed by atoms with Gasteiger partial charge in [0.15, 0.2) is 0 Å². The molecule has 1 aliphatic carbocycles. The first-order chi connectivity index (χ1) is 10.3. The van der Waals surface area contributed by atoms with Crippen molar-refractivity contribution in [3.05, 3.63) is 23.8 Å². The number of rotatable bonds is 8. The highest BCUT2D eigenvalue weighted by atomic mass is 32.2. The first-order valence-electron chi connectivity index (χ1n) is 7.49. The second-order valence-corrected chi connectivity index (χ2v) is 7.43. The van der Waals surface area contributed by atoms with Crippen molar-refractivity contribution in [2.45, 2.75) is 56.5 Å². The largest absolute Gasteiger partial charge is 0.478 e. The fourth-order valence-corrected chi connectivity index (χ4v) is 3.74. The van der Waals surface area contributed by atoms with E-state index in [1.54, 1.807) is 6.92 Å². The SMILES string of the molecule is CCC[C@H](C)NS(=O)(=O)c1cc(C(=O)O)ccc1NC1CC1. The van der Waals surface area contributed by atoms with E-state index >= 15 is 0 Å². The van der Waals surface area contributed by atoms with Gasteiger partial charge in [0.05, 0.1) is 11.3 Å². The third-order valence-electron chi connectivity index (χ3n) is 3.53. The van der Waals surface area contributed by atoms with E-state index in [0.29, 0.717) is 5.69 Å². The summed E-state index contributed by atoms with van der Waals surface area (Å²) in [5, 5.41) is 12.2. The first-order valence-corrected chi connectivity index (χ1v) is 8.98. The van der Waals surface area contributed by atoms with Gasteiger partial charge < -0.3 is 10.4 Å². The summed E-state index contributed by atoms with van der Waals surface area (Å²) in [6.07, 6.45) is 3.59.